The fourth-order valence-corrected chi connectivity index (χ4v) is 4.68. The molecule has 0 saturated heterocycles. The average Bonchev–Trinajstić information content (AvgIpc) is 3.13. The van der Waals surface area contributed by atoms with Crippen LogP contribution in [0.3, 0.4) is 0 Å². The zero-order valence-electron chi connectivity index (χ0n) is 17.0. The summed E-state index contributed by atoms with van der Waals surface area (Å²) in [6.07, 6.45) is 5.37. The molecule has 5 nitrogen and oxygen atoms in total. The van der Waals surface area contributed by atoms with Crippen LogP contribution in [0.4, 0.5) is 0 Å². The first-order chi connectivity index (χ1) is 14.2. The summed E-state index contributed by atoms with van der Waals surface area (Å²) in [5.41, 5.74) is 2.28. The lowest BCUT2D eigenvalue weighted by Gasteiger charge is -2.24. The molecule has 148 valence electrons. The molecular weight excluding hydrogens is 360 g/mol. The Labute approximate surface area is 169 Å². The van der Waals surface area contributed by atoms with Crippen LogP contribution < -0.4 is 5.56 Å². The number of nitrogens with zero attached hydrogens (tertiary/aromatic N) is 3. The van der Waals surface area contributed by atoms with Gasteiger partial charge >= 0.3 is 0 Å². The molecule has 0 aliphatic heterocycles. The fourth-order valence-electron chi connectivity index (χ4n) is 4.68. The number of H-pyrrole nitrogens is 1. The third-order valence-electron chi connectivity index (χ3n) is 6.36. The van der Waals surface area contributed by atoms with Crippen LogP contribution in [0.5, 0.6) is 0 Å². The van der Waals surface area contributed by atoms with Crippen molar-refractivity contribution in [2.24, 2.45) is 5.92 Å². The van der Waals surface area contributed by atoms with Crippen LogP contribution >= 0.6 is 0 Å². The fraction of sp³-hybridized carbons (Fsp3) is 0.375. The second-order valence-corrected chi connectivity index (χ2v) is 8.32. The van der Waals surface area contributed by atoms with Crippen LogP contribution in [0.25, 0.3) is 27.7 Å². The van der Waals surface area contributed by atoms with Crippen LogP contribution in [0, 0.1) is 5.92 Å². The highest BCUT2D eigenvalue weighted by atomic mass is 16.1. The van der Waals surface area contributed by atoms with E-state index in [4.69, 9.17) is 10.1 Å². The van der Waals surface area contributed by atoms with Crippen molar-refractivity contribution in [2.45, 2.75) is 51.9 Å². The summed E-state index contributed by atoms with van der Waals surface area (Å²) in [6.45, 7) is 4.37. The maximum atomic E-state index is 13.1. The lowest BCUT2D eigenvalue weighted by molar-refractivity contribution is 0.337. The van der Waals surface area contributed by atoms with Crippen molar-refractivity contribution in [1.29, 1.82) is 0 Å². The number of nitrogens with one attached hydrogen (secondary N) is 1. The van der Waals surface area contributed by atoms with Gasteiger partial charge in [0.2, 0.25) is 0 Å². The number of aromatic nitrogens is 4. The van der Waals surface area contributed by atoms with Crippen molar-refractivity contribution >= 4 is 16.3 Å². The molecule has 0 radical (unpaired) electrons. The number of aromatic amines is 1. The quantitative estimate of drug-likeness (QED) is 0.533. The van der Waals surface area contributed by atoms with Crippen LogP contribution in [0.1, 0.15) is 57.0 Å². The van der Waals surface area contributed by atoms with Gasteiger partial charge in [-0.25, -0.2) is 9.50 Å². The Hall–Kier alpha value is -2.95. The summed E-state index contributed by atoms with van der Waals surface area (Å²) in [5.74, 6) is 2.69. The van der Waals surface area contributed by atoms with Gasteiger partial charge in [0.25, 0.3) is 5.56 Å². The van der Waals surface area contributed by atoms with Gasteiger partial charge in [-0.3, -0.25) is 4.79 Å². The van der Waals surface area contributed by atoms with Crippen LogP contribution in [0.2, 0.25) is 0 Å². The minimum absolute atomic E-state index is 0.109. The molecule has 1 aliphatic rings. The summed E-state index contributed by atoms with van der Waals surface area (Å²) in [4.78, 5) is 21.0. The molecular formula is C24H26N4O. The lowest BCUT2D eigenvalue weighted by atomic mass is 9.83. The van der Waals surface area contributed by atoms with E-state index in [1.807, 2.05) is 35.7 Å². The van der Waals surface area contributed by atoms with Crippen molar-refractivity contribution in [3.63, 3.8) is 0 Å². The number of rotatable bonds is 3. The highest BCUT2D eigenvalue weighted by Gasteiger charge is 2.26. The third-order valence-corrected chi connectivity index (χ3v) is 6.36. The summed E-state index contributed by atoms with van der Waals surface area (Å²) in [5, 5.41) is 7.14. The second-order valence-electron chi connectivity index (χ2n) is 8.32. The summed E-state index contributed by atoms with van der Waals surface area (Å²) in [6, 6.07) is 14.3. The standard InChI is InChI=1S/C24H26N4O/c1-3-20-21-24(29)26-22(19-10-6-8-16-7-4-5-9-18(16)19)27-28(21)23(25-20)17-13-11-15(2)12-14-17/h4-10,15,17H,3,11-14H2,1-2H3,(H,26,27,29). The smallest absolute Gasteiger partial charge is 0.277 e. The van der Waals surface area contributed by atoms with Gasteiger partial charge in [0.05, 0.1) is 5.69 Å². The second kappa shape index (κ2) is 7.14. The maximum Gasteiger partial charge on any atom is 0.277 e. The molecule has 0 unspecified atom stereocenters. The van der Waals surface area contributed by atoms with E-state index in [1.54, 1.807) is 0 Å². The Morgan fingerprint density at radius 3 is 2.62 bits per heavy atom. The van der Waals surface area contributed by atoms with Crippen molar-refractivity contribution in [3.8, 4) is 11.4 Å². The van der Waals surface area contributed by atoms with E-state index in [9.17, 15) is 4.79 Å². The molecule has 2 aromatic heterocycles. The molecule has 2 heterocycles. The van der Waals surface area contributed by atoms with E-state index in [0.29, 0.717) is 17.3 Å². The Morgan fingerprint density at radius 1 is 1.07 bits per heavy atom. The summed E-state index contributed by atoms with van der Waals surface area (Å²) < 4.78 is 1.84. The Balaban J connectivity index is 1.72. The van der Waals surface area contributed by atoms with E-state index in [2.05, 4.69) is 30.1 Å². The largest absolute Gasteiger partial charge is 0.303 e. The molecule has 1 fully saturated rings. The van der Waals surface area contributed by atoms with Gasteiger partial charge < -0.3 is 4.98 Å². The number of aryl methyl sites for hydroxylation is 1. The normalized spacial score (nSPS) is 19.8. The monoisotopic (exact) mass is 386 g/mol. The van der Waals surface area contributed by atoms with Crippen molar-refractivity contribution in [2.75, 3.05) is 0 Å². The van der Waals surface area contributed by atoms with Gasteiger partial charge in [-0.1, -0.05) is 69.2 Å². The molecule has 1 saturated carbocycles. The van der Waals surface area contributed by atoms with Gasteiger partial charge in [0.15, 0.2) is 11.3 Å². The Kier molecular flexibility index (Phi) is 4.46. The minimum Gasteiger partial charge on any atom is -0.303 e. The first kappa shape index (κ1) is 18.1. The number of hydrogen-bond acceptors (Lipinski definition) is 3. The SMILES string of the molecule is CCc1nc(C2CCC(C)CC2)n2nc(-c3cccc4ccccc34)[nH]c(=O)c12. The lowest BCUT2D eigenvalue weighted by Crippen LogP contribution is -2.18. The first-order valence-corrected chi connectivity index (χ1v) is 10.7. The number of benzene rings is 2. The molecule has 0 amide bonds. The van der Waals surface area contributed by atoms with E-state index >= 15 is 0 Å². The highest BCUT2D eigenvalue weighted by Crippen LogP contribution is 2.35. The van der Waals surface area contributed by atoms with E-state index in [1.165, 1.54) is 12.8 Å². The first-order valence-electron chi connectivity index (χ1n) is 10.7. The zero-order valence-corrected chi connectivity index (χ0v) is 17.0. The molecule has 5 rings (SSSR count). The summed E-state index contributed by atoms with van der Waals surface area (Å²) >= 11 is 0. The molecule has 29 heavy (non-hydrogen) atoms. The molecule has 1 aliphatic carbocycles. The van der Waals surface area contributed by atoms with Crippen LogP contribution in [-0.2, 0) is 6.42 Å². The van der Waals surface area contributed by atoms with Gasteiger partial charge in [0.1, 0.15) is 5.82 Å². The molecule has 5 heteroatoms. The van der Waals surface area contributed by atoms with Gasteiger partial charge in [-0.15, -0.1) is 5.10 Å². The Bertz CT molecular complexity index is 1240. The number of hydrogen-bond donors (Lipinski definition) is 1. The van der Waals surface area contributed by atoms with Gasteiger partial charge in [-0.05, 0) is 36.0 Å². The minimum atomic E-state index is -0.109. The van der Waals surface area contributed by atoms with Gasteiger partial charge in [0, 0.05) is 11.5 Å². The maximum absolute atomic E-state index is 13.1. The van der Waals surface area contributed by atoms with Crippen molar-refractivity contribution in [1.82, 2.24) is 19.6 Å². The van der Waals surface area contributed by atoms with Crippen molar-refractivity contribution in [3.05, 3.63) is 64.3 Å². The van der Waals surface area contributed by atoms with Crippen molar-refractivity contribution < 1.29 is 0 Å². The third kappa shape index (κ3) is 3.05. The zero-order chi connectivity index (χ0) is 20.0. The van der Waals surface area contributed by atoms with E-state index in [-0.39, 0.29) is 5.56 Å². The topological polar surface area (TPSA) is 63.1 Å². The molecule has 2 aromatic carbocycles. The average molecular weight is 386 g/mol. The number of imidazole rings is 1. The van der Waals surface area contributed by atoms with Crippen LogP contribution in [0.15, 0.2) is 47.3 Å². The Morgan fingerprint density at radius 2 is 1.83 bits per heavy atom. The molecule has 4 aromatic rings. The number of fused-ring (bicyclic) bond motifs is 2. The molecule has 0 atom stereocenters. The molecule has 1 N–H and O–H groups in total. The predicted octanol–water partition coefficient (Wildman–Crippen LogP) is 5.09. The van der Waals surface area contributed by atoms with E-state index < -0.39 is 0 Å². The van der Waals surface area contributed by atoms with Gasteiger partial charge in [-0.2, -0.15) is 0 Å². The molecule has 0 spiro atoms. The molecule has 0 bridgehead atoms. The van der Waals surface area contributed by atoms with E-state index in [0.717, 1.165) is 53.0 Å². The summed E-state index contributed by atoms with van der Waals surface area (Å²) in [7, 11) is 0. The predicted molar refractivity (Wildman–Crippen MR) is 116 cm³/mol. The highest BCUT2D eigenvalue weighted by molar-refractivity contribution is 5.94. The van der Waals surface area contributed by atoms with Crippen LogP contribution in [-0.4, -0.2) is 19.6 Å².